The van der Waals surface area contributed by atoms with E-state index in [1.807, 2.05) is 25.1 Å². The van der Waals surface area contributed by atoms with Crippen molar-refractivity contribution in [2.75, 3.05) is 19.6 Å². The molecule has 0 aliphatic carbocycles. The van der Waals surface area contributed by atoms with Crippen LogP contribution in [0.5, 0.6) is 0 Å². The molecule has 1 aliphatic heterocycles. The average Bonchev–Trinajstić information content (AvgIpc) is 3.01. The lowest BCUT2D eigenvalue weighted by molar-refractivity contribution is -0.120. The number of halogens is 1. The quantitative estimate of drug-likeness (QED) is 0.808. The monoisotopic (exact) mass is 389 g/mol. The van der Waals surface area contributed by atoms with Crippen molar-refractivity contribution in [2.24, 2.45) is 5.92 Å². The van der Waals surface area contributed by atoms with Crippen molar-refractivity contribution in [3.63, 3.8) is 0 Å². The Hall–Kier alpha value is -1.85. The van der Waals surface area contributed by atoms with Gasteiger partial charge in [-0.05, 0) is 57.8 Å². The van der Waals surface area contributed by atoms with Gasteiger partial charge in [0.1, 0.15) is 5.76 Å². The zero-order chi connectivity index (χ0) is 19.4. The molecule has 0 saturated carbocycles. The van der Waals surface area contributed by atoms with E-state index in [2.05, 4.69) is 29.0 Å². The molecule has 1 N–H and O–H groups in total. The second-order valence-electron chi connectivity index (χ2n) is 7.55. The minimum absolute atomic E-state index is 0.0330. The highest BCUT2D eigenvalue weighted by Crippen LogP contribution is 2.28. The van der Waals surface area contributed by atoms with E-state index in [9.17, 15) is 4.79 Å². The Morgan fingerprint density at radius 2 is 2.07 bits per heavy atom. The van der Waals surface area contributed by atoms with Gasteiger partial charge in [-0.2, -0.15) is 0 Å². The van der Waals surface area contributed by atoms with Crippen LogP contribution in [0.1, 0.15) is 38.1 Å². The highest BCUT2D eigenvalue weighted by molar-refractivity contribution is 6.33. The van der Waals surface area contributed by atoms with E-state index < -0.39 is 0 Å². The Labute approximate surface area is 166 Å². The molecule has 1 fully saturated rings. The second-order valence-corrected chi connectivity index (χ2v) is 7.96. The number of carbonyl (C=O) groups excluding carboxylic acids is 1. The molecule has 1 unspecified atom stereocenters. The van der Waals surface area contributed by atoms with Crippen LogP contribution >= 0.6 is 11.6 Å². The summed E-state index contributed by atoms with van der Waals surface area (Å²) in [6, 6.07) is 7.75. The summed E-state index contributed by atoms with van der Waals surface area (Å²) in [7, 11) is 0. The van der Waals surface area contributed by atoms with Crippen LogP contribution < -0.4 is 5.32 Å². The summed E-state index contributed by atoms with van der Waals surface area (Å²) in [6.07, 6.45) is 2.69. The van der Waals surface area contributed by atoms with Crippen molar-refractivity contribution < 1.29 is 9.21 Å². The van der Waals surface area contributed by atoms with Gasteiger partial charge in [-0.15, -0.1) is 0 Å². The molecule has 3 rings (SSSR count). The molecule has 1 aromatic heterocycles. The largest absolute Gasteiger partial charge is 0.441 e. The van der Waals surface area contributed by atoms with Crippen molar-refractivity contribution in [2.45, 2.75) is 46.1 Å². The van der Waals surface area contributed by atoms with E-state index in [0.717, 1.165) is 24.6 Å². The van der Waals surface area contributed by atoms with Crippen LogP contribution in [0.2, 0.25) is 5.02 Å². The molecule has 1 amide bonds. The number of aryl methyl sites for hydroxylation is 1. The predicted molar refractivity (Wildman–Crippen MR) is 108 cm³/mol. The van der Waals surface area contributed by atoms with E-state index in [4.69, 9.17) is 16.0 Å². The fourth-order valence-corrected chi connectivity index (χ4v) is 3.63. The maximum absolute atomic E-state index is 12.4. The van der Waals surface area contributed by atoms with Gasteiger partial charge in [0, 0.05) is 12.6 Å². The summed E-state index contributed by atoms with van der Waals surface area (Å²) >= 11 is 6.21. The molecule has 1 aliphatic rings. The van der Waals surface area contributed by atoms with Gasteiger partial charge in [0.2, 0.25) is 11.8 Å². The predicted octanol–water partition coefficient (Wildman–Crippen LogP) is 4.08. The minimum Gasteiger partial charge on any atom is -0.441 e. The maximum Gasteiger partial charge on any atom is 0.228 e. The van der Waals surface area contributed by atoms with Gasteiger partial charge in [0.05, 0.1) is 22.7 Å². The number of oxazole rings is 1. The van der Waals surface area contributed by atoms with Crippen molar-refractivity contribution in [1.82, 2.24) is 15.2 Å². The van der Waals surface area contributed by atoms with Gasteiger partial charge in [-0.3, -0.25) is 9.69 Å². The summed E-state index contributed by atoms with van der Waals surface area (Å²) in [4.78, 5) is 19.3. The van der Waals surface area contributed by atoms with Crippen molar-refractivity contribution in [3.8, 4) is 11.5 Å². The van der Waals surface area contributed by atoms with Crippen LogP contribution in [0.25, 0.3) is 11.5 Å². The zero-order valence-electron chi connectivity index (χ0n) is 16.3. The first-order chi connectivity index (χ1) is 12.9. The van der Waals surface area contributed by atoms with Gasteiger partial charge < -0.3 is 9.73 Å². The van der Waals surface area contributed by atoms with Crippen molar-refractivity contribution in [1.29, 1.82) is 0 Å². The third-order valence-electron chi connectivity index (χ3n) is 5.36. The minimum atomic E-state index is -0.0330. The molecule has 0 spiro atoms. The zero-order valence-corrected chi connectivity index (χ0v) is 17.1. The normalized spacial score (nSPS) is 17.0. The number of rotatable bonds is 6. The SMILES string of the molecule is Cc1oc(-c2ccccc2Cl)nc1CC(=O)NCC(C)N1CCC(C)CC1. The van der Waals surface area contributed by atoms with Crippen molar-refractivity contribution in [3.05, 3.63) is 40.7 Å². The number of nitrogens with one attached hydrogen (secondary N) is 1. The molecule has 27 heavy (non-hydrogen) atoms. The Balaban J connectivity index is 1.54. The second kappa shape index (κ2) is 8.89. The Bertz CT molecular complexity index is 781. The van der Waals surface area contributed by atoms with Crippen LogP contribution in [-0.4, -0.2) is 41.5 Å². The third kappa shape index (κ3) is 5.11. The summed E-state index contributed by atoms with van der Waals surface area (Å²) in [5.41, 5.74) is 1.39. The number of piperidine rings is 1. The molecular formula is C21H28ClN3O2. The highest BCUT2D eigenvalue weighted by Gasteiger charge is 2.21. The maximum atomic E-state index is 12.4. The summed E-state index contributed by atoms with van der Waals surface area (Å²) in [6.45, 7) is 9.19. The number of aromatic nitrogens is 1. The third-order valence-corrected chi connectivity index (χ3v) is 5.69. The lowest BCUT2D eigenvalue weighted by Crippen LogP contribution is -2.45. The number of likely N-dealkylation sites (tertiary alicyclic amines) is 1. The Kier molecular flexibility index (Phi) is 6.55. The van der Waals surface area contributed by atoms with Gasteiger partial charge in [0.15, 0.2) is 0 Å². The number of amides is 1. The first-order valence-electron chi connectivity index (χ1n) is 9.66. The number of hydrogen-bond acceptors (Lipinski definition) is 4. The molecule has 2 heterocycles. The smallest absolute Gasteiger partial charge is 0.228 e. The van der Waals surface area contributed by atoms with Gasteiger partial charge in [-0.25, -0.2) is 4.98 Å². The average molecular weight is 390 g/mol. The molecule has 146 valence electrons. The molecule has 0 radical (unpaired) electrons. The Morgan fingerprint density at radius 3 is 2.78 bits per heavy atom. The fourth-order valence-electron chi connectivity index (χ4n) is 3.42. The molecule has 2 aromatic rings. The highest BCUT2D eigenvalue weighted by atomic mass is 35.5. The molecular weight excluding hydrogens is 362 g/mol. The molecule has 5 nitrogen and oxygen atoms in total. The van der Waals surface area contributed by atoms with Crippen LogP contribution in [0.4, 0.5) is 0 Å². The standard InChI is InChI=1S/C21H28ClN3O2/c1-14-8-10-25(11-9-14)15(2)13-23-20(26)12-19-16(3)27-21(24-19)17-6-4-5-7-18(17)22/h4-7,14-15H,8-13H2,1-3H3,(H,23,26). The van der Waals surface area contributed by atoms with E-state index in [1.54, 1.807) is 6.07 Å². The van der Waals surface area contributed by atoms with Gasteiger partial charge in [-0.1, -0.05) is 30.7 Å². The number of hydrogen-bond donors (Lipinski definition) is 1. The van der Waals surface area contributed by atoms with Crippen LogP contribution in [0, 0.1) is 12.8 Å². The number of benzene rings is 1. The van der Waals surface area contributed by atoms with Gasteiger partial charge >= 0.3 is 0 Å². The molecule has 1 atom stereocenters. The molecule has 1 aromatic carbocycles. The first kappa shape index (κ1) is 19.9. The summed E-state index contributed by atoms with van der Waals surface area (Å²) in [5, 5.41) is 3.62. The van der Waals surface area contributed by atoms with E-state index in [1.165, 1.54) is 12.8 Å². The number of nitrogens with zero attached hydrogens (tertiary/aromatic N) is 2. The van der Waals surface area contributed by atoms with E-state index in [0.29, 0.717) is 35.0 Å². The summed E-state index contributed by atoms with van der Waals surface area (Å²) in [5.74, 6) is 1.88. The van der Waals surface area contributed by atoms with Crippen molar-refractivity contribution >= 4 is 17.5 Å². The van der Waals surface area contributed by atoms with Crippen LogP contribution in [0.3, 0.4) is 0 Å². The lowest BCUT2D eigenvalue weighted by Gasteiger charge is -2.35. The topological polar surface area (TPSA) is 58.4 Å². The van der Waals surface area contributed by atoms with Crippen LogP contribution in [0.15, 0.2) is 28.7 Å². The first-order valence-corrected chi connectivity index (χ1v) is 10.0. The van der Waals surface area contributed by atoms with Gasteiger partial charge in [0.25, 0.3) is 0 Å². The summed E-state index contributed by atoms with van der Waals surface area (Å²) < 4.78 is 5.73. The number of carbonyl (C=O) groups is 1. The Morgan fingerprint density at radius 1 is 1.37 bits per heavy atom. The molecule has 6 heteroatoms. The lowest BCUT2D eigenvalue weighted by atomic mass is 9.98. The molecule has 1 saturated heterocycles. The molecule has 0 bridgehead atoms. The van der Waals surface area contributed by atoms with E-state index in [-0.39, 0.29) is 12.3 Å². The fraction of sp³-hybridized carbons (Fsp3) is 0.524. The van der Waals surface area contributed by atoms with E-state index >= 15 is 0 Å². The van der Waals surface area contributed by atoms with Crippen LogP contribution in [-0.2, 0) is 11.2 Å².